The zero-order chi connectivity index (χ0) is 20.2. The second-order valence-corrected chi connectivity index (χ2v) is 8.95. The Morgan fingerprint density at radius 3 is 2.45 bits per heavy atom. The molecule has 1 aliphatic carbocycles. The van der Waals surface area contributed by atoms with Crippen molar-refractivity contribution in [1.29, 1.82) is 0 Å². The zero-order valence-electron chi connectivity index (χ0n) is 16.2. The molecule has 2 aliphatic heterocycles. The number of halogens is 2. The molecule has 1 aromatic carbocycles. The summed E-state index contributed by atoms with van der Waals surface area (Å²) in [5.74, 6) is -0.661. The second kappa shape index (κ2) is 6.99. The van der Waals surface area contributed by atoms with Crippen molar-refractivity contribution in [2.45, 2.75) is 75.2 Å². The summed E-state index contributed by atoms with van der Waals surface area (Å²) < 4.78 is 28.7. The first-order chi connectivity index (χ1) is 13.9. The number of rotatable bonds is 5. The van der Waals surface area contributed by atoms with Crippen LogP contribution >= 0.6 is 0 Å². The van der Waals surface area contributed by atoms with Crippen LogP contribution < -0.4 is 5.56 Å². The largest absolute Gasteiger partial charge is 0.388 e. The Morgan fingerprint density at radius 2 is 1.79 bits per heavy atom. The fourth-order valence-corrected chi connectivity index (χ4v) is 5.10. The first-order valence-corrected chi connectivity index (χ1v) is 10.4. The van der Waals surface area contributed by atoms with Gasteiger partial charge in [0.25, 0.3) is 5.56 Å². The Bertz CT molecular complexity index is 974. The smallest absolute Gasteiger partial charge is 0.266 e. The maximum atomic E-state index is 14.1. The molecular formula is C22H25F2N3O2. The predicted octanol–water partition coefficient (Wildman–Crippen LogP) is 2.96. The van der Waals surface area contributed by atoms with Gasteiger partial charge in [0.05, 0.1) is 17.8 Å². The topological polar surface area (TPSA) is 58.4 Å². The van der Waals surface area contributed by atoms with Gasteiger partial charge in [0, 0.05) is 42.2 Å². The van der Waals surface area contributed by atoms with Crippen LogP contribution in [0.2, 0.25) is 0 Å². The quantitative estimate of drug-likeness (QED) is 0.837. The molecule has 3 fully saturated rings. The Morgan fingerprint density at radius 1 is 1.07 bits per heavy atom. The highest BCUT2D eigenvalue weighted by atomic mass is 19.1. The van der Waals surface area contributed by atoms with Crippen molar-refractivity contribution < 1.29 is 13.9 Å². The number of piperidine rings is 1. The molecule has 1 aromatic heterocycles. The van der Waals surface area contributed by atoms with E-state index in [0.717, 1.165) is 37.4 Å². The van der Waals surface area contributed by atoms with E-state index < -0.39 is 17.2 Å². The predicted molar refractivity (Wildman–Crippen MR) is 103 cm³/mol. The van der Waals surface area contributed by atoms with Crippen molar-refractivity contribution in [2.24, 2.45) is 0 Å². The summed E-state index contributed by atoms with van der Waals surface area (Å²) in [7, 11) is 0. The number of nitrogens with zero attached hydrogens (tertiary/aromatic N) is 3. The molecule has 0 unspecified atom stereocenters. The minimum Gasteiger partial charge on any atom is -0.388 e. The molecule has 2 bridgehead atoms. The highest BCUT2D eigenvalue weighted by Crippen LogP contribution is 2.42. The molecule has 0 amide bonds. The van der Waals surface area contributed by atoms with Crippen molar-refractivity contribution in [3.63, 3.8) is 0 Å². The van der Waals surface area contributed by atoms with Gasteiger partial charge in [0.1, 0.15) is 11.6 Å². The minimum atomic E-state index is -0.997. The average Bonchev–Trinajstić information content (AvgIpc) is 3.47. The van der Waals surface area contributed by atoms with E-state index in [4.69, 9.17) is 0 Å². The highest BCUT2D eigenvalue weighted by Gasteiger charge is 2.48. The van der Waals surface area contributed by atoms with Crippen LogP contribution in [0.4, 0.5) is 8.78 Å². The van der Waals surface area contributed by atoms with Crippen LogP contribution in [0.25, 0.3) is 0 Å². The zero-order valence-corrected chi connectivity index (χ0v) is 16.2. The monoisotopic (exact) mass is 401 g/mol. The van der Waals surface area contributed by atoms with Crippen LogP contribution in [0.15, 0.2) is 35.1 Å². The SMILES string of the molecule is O=c1ccc(C2CC2)nn1CC1(O)C[C@@H]2CC[C@@H](C1)N2Cc1ccc(F)cc1F. The maximum Gasteiger partial charge on any atom is 0.266 e. The molecule has 3 heterocycles. The molecular weight excluding hydrogens is 376 g/mol. The summed E-state index contributed by atoms with van der Waals surface area (Å²) in [6, 6.07) is 7.28. The summed E-state index contributed by atoms with van der Waals surface area (Å²) in [6.45, 7) is 0.602. The Labute approximate surface area is 168 Å². The third-order valence-corrected chi connectivity index (χ3v) is 6.70. The number of hydrogen-bond acceptors (Lipinski definition) is 4. The second-order valence-electron chi connectivity index (χ2n) is 8.95. The van der Waals surface area contributed by atoms with Gasteiger partial charge in [-0.3, -0.25) is 9.69 Å². The van der Waals surface area contributed by atoms with E-state index in [1.807, 2.05) is 0 Å². The summed E-state index contributed by atoms with van der Waals surface area (Å²) in [6.07, 6.45) is 5.12. The normalized spacial score (nSPS) is 29.3. The fourth-order valence-electron chi connectivity index (χ4n) is 5.10. The molecule has 2 saturated heterocycles. The molecule has 5 rings (SSSR count). The van der Waals surface area contributed by atoms with Crippen molar-refractivity contribution in [3.05, 3.63) is 63.6 Å². The molecule has 0 radical (unpaired) electrons. The number of benzene rings is 1. The van der Waals surface area contributed by atoms with E-state index >= 15 is 0 Å². The Balaban J connectivity index is 1.32. The van der Waals surface area contributed by atoms with Crippen LogP contribution in [-0.2, 0) is 13.1 Å². The van der Waals surface area contributed by atoms with Gasteiger partial charge in [0.15, 0.2) is 0 Å². The van der Waals surface area contributed by atoms with Gasteiger partial charge in [-0.05, 0) is 50.7 Å². The van der Waals surface area contributed by atoms with E-state index in [2.05, 4.69) is 10.00 Å². The van der Waals surface area contributed by atoms with Gasteiger partial charge >= 0.3 is 0 Å². The molecule has 2 atom stereocenters. The molecule has 3 aliphatic rings. The number of aliphatic hydroxyl groups is 1. The lowest BCUT2D eigenvalue weighted by molar-refractivity contribution is -0.0680. The third-order valence-electron chi connectivity index (χ3n) is 6.70. The van der Waals surface area contributed by atoms with Gasteiger partial charge in [0.2, 0.25) is 0 Å². The van der Waals surface area contributed by atoms with Gasteiger partial charge in [-0.2, -0.15) is 5.10 Å². The summed E-state index contributed by atoms with van der Waals surface area (Å²) in [5, 5.41) is 15.8. The van der Waals surface area contributed by atoms with Crippen molar-refractivity contribution in [3.8, 4) is 0 Å². The fraction of sp³-hybridized carbons (Fsp3) is 0.545. The van der Waals surface area contributed by atoms with Gasteiger partial charge in [-0.1, -0.05) is 6.07 Å². The van der Waals surface area contributed by atoms with Crippen molar-refractivity contribution in [1.82, 2.24) is 14.7 Å². The van der Waals surface area contributed by atoms with Crippen LogP contribution in [0.3, 0.4) is 0 Å². The molecule has 154 valence electrons. The summed E-state index contributed by atoms with van der Waals surface area (Å²) in [4.78, 5) is 14.5. The molecule has 2 aromatic rings. The van der Waals surface area contributed by atoms with Crippen molar-refractivity contribution >= 4 is 0 Å². The molecule has 7 heteroatoms. The van der Waals surface area contributed by atoms with Crippen molar-refractivity contribution in [2.75, 3.05) is 0 Å². The average molecular weight is 401 g/mol. The molecule has 29 heavy (non-hydrogen) atoms. The first kappa shape index (κ1) is 18.9. The van der Waals surface area contributed by atoms with Crippen LogP contribution in [-0.4, -0.2) is 37.5 Å². The lowest BCUT2D eigenvalue weighted by atomic mass is 9.85. The lowest BCUT2D eigenvalue weighted by Gasteiger charge is -2.43. The standard InChI is InChI=1S/C22H25F2N3O2/c23-16-4-3-15(19(24)9-16)12-26-17-5-6-18(26)11-22(29,10-17)13-27-21(28)8-7-20(25-27)14-1-2-14/h3-4,7-9,14,17-18,29H,1-2,5-6,10-13H2/t17-,18-/m0/s1. The molecule has 1 saturated carbocycles. The van der Waals surface area contributed by atoms with Crippen LogP contribution in [0.5, 0.6) is 0 Å². The van der Waals surface area contributed by atoms with Gasteiger partial charge < -0.3 is 5.11 Å². The summed E-state index contributed by atoms with van der Waals surface area (Å²) >= 11 is 0. The minimum absolute atomic E-state index is 0.116. The third kappa shape index (κ3) is 3.73. The number of aromatic nitrogens is 2. The van der Waals surface area contributed by atoms with Gasteiger partial charge in [-0.25, -0.2) is 13.5 Å². The van der Waals surface area contributed by atoms with Gasteiger partial charge in [-0.15, -0.1) is 0 Å². The van der Waals surface area contributed by atoms with E-state index in [1.165, 1.54) is 16.8 Å². The maximum absolute atomic E-state index is 14.1. The molecule has 1 N–H and O–H groups in total. The van der Waals surface area contributed by atoms with E-state index in [-0.39, 0.29) is 24.2 Å². The van der Waals surface area contributed by atoms with E-state index in [0.29, 0.717) is 30.9 Å². The Hall–Kier alpha value is -2.12. The van der Waals surface area contributed by atoms with E-state index in [1.54, 1.807) is 12.1 Å². The number of hydrogen-bond donors (Lipinski definition) is 1. The first-order valence-electron chi connectivity index (χ1n) is 10.4. The molecule has 0 spiro atoms. The van der Waals surface area contributed by atoms with Crippen LogP contribution in [0.1, 0.15) is 55.7 Å². The molecule has 5 nitrogen and oxygen atoms in total. The lowest BCUT2D eigenvalue weighted by Crippen LogP contribution is -2.53. The van der Waals surface area contributed by atoms with E-state index in [9.17, 15) is 18.7 Å². The summed E-state index contributed by atoms with van der Waals surface area (Å²) in [5.41, 5.74) is 0.220. The number of fused-ring (bicyclic) bond motifs is 2. The highest BCUT2D eigenvalue weighted by molar-refractivity contribution is 5.20. The Kier molecular flexibility index (Phi) is 4.55. The van der Waals surface area contributed by atoms with Crippen LogP contribution in [0, 0.1) is 11.6 Å².